The molecule has 1 fully saturated rings. The number of carbonyl (C=O) groups excluding carboxylic acids is 3. The van der Waals surface area contributed by atoms with Crippen LogP contribution in [-0.2, 0) is 24.6 Å². The van der Waals surface area contributed by atoms with E-state index < -0.39 is 5.60 Å². The number of carbonyl (C=O) groups is 2. The number of ether oxygens (including phenoxy) is 3. The Morgan fingerprint density at radius 2 is 1.07 bits per heavy atom. The largest absolute Gasteiger partial charge is 0.449 e. The summed E-state index contributed by atoms with van der Waals surface area (Å²) in [5.41, 5.74) is 22.4. The zero-order valence-electron chi connectivity index (χ0n) is 51.3. The number of fused-ring (bicyclic) bond motifs is 1. The van der Waals surface area contributed by atoms with Crippen LogP contribution in [0.2, 0.25) is 20.1 Å². The second-order valence-corrected chi connectivity index (χ2v) is 21.0. The zero-order valence-corrected chi connectivity index (χ0v) is 54.3. The smallest absolute Gasteiger partial charge is 0.319 e. The third-order valence-corrected chi connectivity index (χ3v) is 13.8. The number of halogens is 4. The standard InChI is InChI=1S/2C17H17ClN2O.C14H12ClN.C13H10ClNO.C4H8O.C4H10O.C3H5NO/c1-3-19-16-20-15-10-9-13(18)11-14(15)17(2,21-16)12-7-5-4-6-8-12;1-3-19-17(21)20-16-10-9-14(18)11-15(16)12(2)13-7-5-4-6-8-13;1-10(11-5-3-2-4-6-11)13-9-12(15)7-8-14(13)16;14-10-6-7-12(15)11(8-10)13(16)9-4-2-1-3-5-9;1-2-4-5-3-1;1-3-5-4-2;1-2-4-3-5/h4-11H,3H2,1-2H3,(H,19,20);4-11H,2-3H2,1H3,(H2,19,20,21);2-9H,1,16H2;1-8H,15H2;1-4H2;3-4H2,1-2H3;2H2,1H3/t17-;;;;;;/m0....../s1. The predicted molar refractivity (Wildman–Crippen MR) is 373 cm³/mol. The molecule has 1 atom stereocenters. The van der Waals surface area contributed by atoms with Crippen molar-refractivity contribution in [2.24, 2.45) is 9.98 Å². The van der Waals surface area contributed by atoms with Crippen LogP contribution in [0.1, 0.15) is 104 Å². The monoisotopic (exact) mass is 1280 g/mol. The molecule has 10 rings (SSSR count). The van der Waals surface area contributed by atoms with Crippen molar-refractivity contribution >= 4 is 104 Å². The van der Waals surface area contributed by atoms with Crippen molar-refractivity contribution in [1.29, 1.82) is 0 Å². The van der Waals surface area contributed by atoms with Crippen LogP contribution in [0.3, 0.4) is 0 Å². The van der Waals surface area contributed by atoms with Gasteiger partial charge in [-0.1, -0.05) is 181 Å². The lowest BCUT2D eigenvalue weighted by Gasteiger charge is -2.38. The maximum atomic E-state index is 12.1. The summed E-state index contributed by atoms with van der Waals surface area (Å²) in [6.45, 7) is 25.3. The fourth-order valence-corrected chi connectivity index (χ4v) is 9.11. The summed E-state index contributed by atoms with van der Waals surface area (Å²) >= 11 is 24.0. The van der Waals surface area contributed by atoms with Crippen LogP contribution >= 0.6 is 46.4 Å². The molecule has 8 aromatic carbocycles. The predicted octanol–water partition coefficient (Wildman–Crippen LogP) is 18.3. The number of urea groups is 1. The lowest BCUT2D eigenvalue weighted by molar-refractivity contribution is 0.103. The zero-order chi connectivity index (χ0) is 65.0. The van der Waals surface area contributed by atoms with Crippen LogP contribution < -0.4 is 27.4 Å². The van der Waals surface area contributed by atoms with Crippen molar-refractivity contribution in [2.75, 3.05) is 68.2 Å². The lowest BCUT2D eigenvalue weighted by Crippen LogP contribution is -2.39. The second-order valence-electron chi connectivity index (χ2n) is 19.3. The Morgan fingerprint density at radius 3 is 1.53 bits per heavy atom. The first-order valence-electron chi connectivity index (χ1n) is 29.0. The van der Waals surface area contributed by atoms with Crippen LogP contribution in [0.5, 0.6) is 0 Å². The number of aliphatic imine (C=N–C) groups is 2. The molecule has 8 aromatic rings. The third kappa shape index (κ3) is 24.5. The van der Waals surface area contributed by atoms with E-state index in [9.17, 15) is 9.59 Å². The van der Waals surface area contributed by atoms with E-state index >= 15 is 0 Å². The van der Waals surface area contributed by atoms with Gasteiger partial charge in [0.25, 0.3) is 6.02 Å². The molecular weight excluding hydrogens is 1200 g/mol. The van der Waals surface area contributed by atoms with E-state index in [0.717, 1.165) is 76.6 Å². The molecule has 0 unspecified atom stereocenters. The molecule has 2 aliphatic rings. The van der Waals surface area contributed by atoms with E-state index in [4.69, 9.17) is 76.9 Å². The van der Waals surface area contributed by atoms with Crippen molar-refractivity contribution in [3.05, 3.63) is 272 Å². The van der Waals surface area contributed by atoms with E-state index in [0.29, 0.717) is 73.9 Å². The summed E-state index contributed by atoms with van der Waals surface area (Å²) in [7, 11) is 0. The first-order chi connectivity index (χ1) is 42.9. The number of amides is 2. The van der Waals surface area contributed by atoms with E-state index in [1.165, 1.54) is 18.9 Å². The van der Waals surface area contributed by atoms with Gasteiger partial charge in [-0.05, 0) is 155 Å². The van der Waals surface area contributed by atoms with E-state index in [1.54, 1.807) is 67.6 Å². The van der Waals surface area contributed by atoms with Crippen LogP contribution in [0.15, 0.2) is 217 Å². The number of hydrogen-bond acceptors (Lipinski definition) is 10. The molecule has 0 aliphatic carbocycles. The van der Waals surface area contributed by atoms with Crippen molar-refractivity contribution < 1.29 is 28.6 Å². The van der Waals surface area contributed by atoms with Crippen LogP contribution in [0.25, 0.3) is 11.1 Å². The average Bonchev–Trinajstić information content (AvgIpc) is 1.08. The number of anilines is 4. The molecule has 466 valence electrons. The molecule has 0 radical (unpaired) electrons. The van der Waals surface area contributed by atoms with Gasteiger partial charge in [-0.2, -0.15) is 0 Å². The van der Waals surface area contributed by atoms with Gasteiger partial charge in [-0.3, -0.25) is 4.79 Å². The Kier molecular flexibility index (Phi) is 32.9. The molecule has 89 heavy (non-hydrogen) atoms. The summed E-state index contributed by atoms with van der Waals surface area (Å²) in [5.74, 6) is -0.111. The number of hydrogen-bond donors (Lipinski definition) is 5. The van der Waals surface area contributed by atoms with Gasteiger partial charge in [0.1, 0.15) is 0 Å². The van der Waals surface area contributed by atoms with Crippen molar-refractivity contribution in [1.82, 2.24) is 5.32 Å². The Labute approximate surface area is 544 Å². The number of nitrogen functional groups attached to an aromatic ring is 2. The number of rotatable bonds is 13. The first kappa shape index (κ1) is 73.0. The molecule has 0 aromatic heterocycles. The summed E-state index contributed by atoms with van der Waals surface area (Å²) in [6, 6.07) is 60.5. The number of nitrogens with one attached hydrogen (secondary N) is 3. The van der Waals surface area contributed by atoms with Gasteiger partial charge in [0.15, 0.2) is 11.4 Å². The van der Waals surface area contributed by atoms with Gasteiger partial charge in [0.2, 0.25) is 6.08 Å². The molecule has 2 amide bonds. The average molecular weight is 1280 g/mol. The molecule has 17 heteroatoms. The third-order valence-electron chi connectivity index (χ3n) is 12.9. The van der Waals surface area contributed by atoms with Crippen LogP contribution in [-0.4, -0.2) is 70.0 Å². The normalized spacial score (nSPS) is 13.4. The minimum Gasteiger partial charge on any atom is -0.449 e. The number of amidine groups is 1. The van der Waals surface area contributed by atoms with Crippen LogP contribution in [0.4, 0.5) is 27.5 Å². The molecule has 7 N–H and O–H groups in total. The molecule has 0 bridgehead atoms. The molecule has 1 saturated heterocycles. The van der Waals surface area contributed by atoms with Gasteiger partial charge < -0.3 is 41.6 Å². The minimum atomic E-state index is -0.610. The highest BCUT2D eigenvalue weighted by molar-refractivity contribution is 6.32. The summed E-state index contributed by atoms with van der Waals surface area (Å²) < 4.78 is 15.9. The Balaban J connectivity index is 0.000000236. The fourth-order valence-electron chi connectivity index (χ4n) is 8.43. The summed E-state index contributed by atoms with van der Waals surface area (Å²) in [6.07, 6.45) is 3.95. The highest BCUT2D eigenvalue weighted by Crippen LogP contribution is 2.42. The molecule has 0 spiro atoms. The topological polar surface area (TPSA) is 192 Å². The maximum absolute atomic E-state index is 12.1. The van der Waals surface area contributed by atoms with Crippen molar-refractivity contribution in [2.45, 2.75) is 60.0 Å². The minimum absolute atomic E-state index is 0.111. The molecule has 0 saturated carbocycles. The van der Waals surface area contributed by atoms with Gasteiger partial charge in [-0.15, -0.1) is 0 Å². The van der Waals surface area contributed by atoms with Gasteiger partial charge >= 0.3 is 6.03 Å². The Morgan fingerprint density at radius 1 is 0.607 bits per heavy atom. The maximum Gasteiger partial charge on any atom is 0.319 e. The lowest BCUT2D eigenvalue weighted by atomic mass is 9.86. The summed E-state index contributed by atoms with van der Waals surface area (Å²) in [4.78, 5) is 40.5. The number of ketones is 1. The van der Waals surface area contributed by atoms with E-state index in [-0.39, 0.29) is 11.8 Å². The molecule has 2 aliphatic heterocycles. The van der Waals surface area contributed by atoms with E-state index in [2.05, 4.69) is 51.2 Å². The number of isocyanates is 1. The highest BCUT2D eigenvalue weighted by atomic mass is 35.5. The molecular formula is C72H79Cl4N7O6. The Hall–Kier alpha value is -8.49. The Bertz CT molecular complexity index is 3460. The van der Waals surface area contributed by atoms with Crippen LogP contribution in [0, 0.1) is 0 Å². The summed E-state index contributed by atoms with van der Waals surface area (Å²) in [5, 5.41) is 11.2. The molecule has 13 nitrogen and oxygen atoms in total. The highest BCUT2D eigenvalue weighted by Gasteiger charge is 2.38. The van der Waals surface area contributed by atoms with Gasteiger partial charge in [-0.25, -0.2) is 19.6 Å². The number of nitrogens with two attached hydrogens (primary N) is 2. The molecule has 2 heterocycles. The number of benzene rings is 8. The van der Waals surface area contributed by atoms with Crippen molar-refractivity contribution in [3.8, 4) is 0 Å². The van der Waals surface area contributed by atoms with Gasteiger partial charge in [0, 0.05) is 111 Å². The SMILES string of the molecule is C1CCOC1.C=C(c1ccccc1)c1cc(Cl)ccc1N.C=C(c1ccccc1)c1cc(Cl)ccc1NC(=O)NCC.CCN=C1Nc2ccc(Cl)cc2[C@](C)(c2ccccc2)O1.CCN=C=O.CCOCC.Nc1ccc(Cl)cc1C(=O)c1ccccc1. The fraction of sp³-hybridized carbons (Fsp3) is 0.222. The van der Waals surface area contributed by atoms with Gasteiger partial charge in [0.05, 0.1) is 5.69 Å². The number of nitrogens with zero attached hydrogens (tertiary/aromatic N) is 2. The van der Waals surface area contributed by atoms with Crippen molar-refractivity contribution in [3.63, 3.8) is 0 Å². The second kappa shape index (κ2) is 40.1. The first-order valence-corrected chi connectivity index (χ1v) is 30.5. The van der Waals surface area contributed by atoms with E-state index in [1.807, 2.05) is 156 Å². The quantitative estimate of drug-likeness (QED) is 0.0323.